The summed E-state index contributed by atoms with van der Waals surface area (Å²) in [5.41, 5.74) is -0.00981. The van der Waals surface area contributed by atoms with Gasteiger partial charge >= 0.3 is 0 Å². The van der Waals surface area contributed by atoms with Crippen molar-refractivity contribution >= 4 is 23.4 Å². The zero-order chi connectivity index (χ0) is 13.3. The predicted molar refractivity (Wildman–Crippen MR) is 69.1 cm³/mol. The number of rotatable bonds is 2. The van der Waals surface area contributed by atoms with Crippen molar-refractivity contribution < 1.29 is 9.59 Å². The summed E-state index contributed by atoms with van der Waals surface area (Å²) < 4.78 is 0. The molecule has 1 aliphatic heterocycles. The van der Waals surface area contributed by atoms with E-state index in [1.54, 1.807) is 24.8 Å². The molecule has 0 unspecified atom stereocenters. The molecule has 4 nitrogen and oxygen atoms in total. The molecular formula is C13H15ClN2O2. The Kier molecular flexibility index (Phi) is 3.30. The summed E-state index contributed by atoms with van der Waals surface area (Å²) >= 11 is 6.08. The smallest absolute Gasteiger partial charge is 0.245 e. The molecule has 18 heavy (non-hydrogen) atoms. The fraction of sp³-hybridized carbons (Fsp3) is 0.385. The Morgan fingerprint density at radius 3 is 2.67 bits per heavy atom. The molecule has 0 bridgehead atoms. The molecule has 5 heteroatoms. The van der Waals surface area contributed by atoms with Gasteiger partial charge in [-0.25, -0.2) is 0 Å². The van der Waals surface area contributed by atoms with Crippen molar-refractivity contribution in [2.45, 2.75) is 25.9 Å². The van der Waals surface area contributed by atoms with Crippen molar-refractivity contribution in [2.75, 3.05) is 6.54 Å². The molecule has 0 saturated carbocycles. The maximum atomic E-state index is 11.9. The van der Waals surface area contributed by atoms with E-state index in [9.17, 15) is 9.59 Å². The van der Waals surface area contributed by atoms with E-state index in [1.165, 1.54) is 0 Å². The molecule has 0 atom stereocenters. The van der Waals surface area contributed by atoms with Crippen molar-refractivity contribution in [1.29, 1.82) is 0 Å². The van der Waals surface area contributed by atoms with Crippen molar-refractivity contribution in [3.8, 4) is 0 Å². The molecule has 0 radical (unpaired) electrons. The van der Waals surface area contributed by atoms with Gasteiger partial charge in [-0.2, -0.15) is 0 Å². The van der Waals surface area contributed by atoms with E-state index >= 15 is 0 Å². The van der Waals surface area contributed by atoms with Crippen molar-refractivity contribution in [1.82, 2.24) is 10.2 Å². The highest BCUT2D eigenvalue weighted by atomic mass is 35.5. The maximum Gasteiger partial charge on any atom is 0.245 e. The lowest BCUT2D eigenvalue weighted by Crippen LogP contribution is -2.63. The number of carbonyl (C=O) groups excluding carboxylic acids is 2. The second-order valence-corrected chi connectivity index (χ2v) is 5.22. The van der Waals surface area contributed by atoms with E-state index in [2.05, 4.69) is 5.32 Å². The Hall–Kier alpha value is -1.55. The summed E-state index contributed by atoms with van der Waals surface area (Å²) in [6.45, 7) is 3.86. The Morgan fingerprint density at radius 1 is 1.33 bits per heavy atom. The van der Waals surface area contributed by atoms with Crippen molar-refractivity contribution in [3.05, 3.63) is 34.9 Å². The van der Waals surface area contributed by atoms with Crippen LogP contribution in [0.1, 0.15) is 19.4 Å². The van der Waals surface area contributed by atoms with Crippen LogP contribution in [-0.2, 0) is 16.1 Å². The van der Waals surface area contributed by atoms with Crippen LogP contribution in [0.5, 0.6) is 0 Å². The van der Waals surface area contributed by atoms with Gasteiger partial charge in [-0.1, -0.05) is 29.8 Å². The van der Waals surface area contributed by atoms with Gasteiger partial charge in [0, 0.05) is 11.6 Å². The van der Waals surface area contributed by atoms with Gasteiger partial charge < -0.3 is 10.2 Å². The van der Waals surface area contributed by atoms with Gasteiger partial charge in [0.05, 0.1) is 6.54 Å². The van der Waals surface area contributed by atoms with Crippen molar-refractivity contribution in [2.24, 2.45) is 0 Å². The molecule has 2 rings (SSSR count). The monoisotopic (exact) mass is 266 g/mol. The number of halogens is 1. The maximum absolute atomic E-state index is 11.9. The topological polar surface area (TPSA) is 49.4 Å². The highest BCUT2D eigenvalue weighted by molar-refractivity contribution is 6.31. The fourth-order valence-corrected chi connectivity index (χ4v) is 2.18. The molecule has 1 heterocycles. The van der Waals surface area contributed by atoms with E-state index in [4.69, 9.17) is 11.6 Å². The number of hydrogen-bond acceptors (Lipinski definition) is 2. The molecule has 1 aromatic carbocycles. The first-order valence-electron chi connectivity index (χ1n) is 5.75. The fourth-order valence-electron chi connectivity index (χ4n) is 1.98. The minimum absolute atomic E-state index is 0.0483. The molecule has 1 fully saturated rings. The third-order valence-corrected chi connectivity index (χ3v) is 3.59. The Bertz CT molecular complexity index is 500. The number of benzene rings is 1. The zero-order valence-corrected chi connectivity index (χ0v) is 11.1. The molecule has 96 valence electrons. The average Bonchev–Trinajstić information content (AvgIpc) is 2.32. The van der Waals surface area contributed by atoms with Gasteiger partial charge in [0.1, 0.15) is 5.54 Å². The summed E-state index contributed by atoms with van der Waals surface area (Å²) in [5.74, 6) is -0.242. The second-order valence-electron chi connectivity index (χ2n) is 4.81. The van der Waals surface area contributed by atoms with Crippen LogP contribution in [0.15, 0.2) is 24.3 Å². The lowest BCUT2D eigenvalue weighted by Gasteiger charge is -2.41. The Morgan fingerprint density at radius 2 is 2.00 bits per heavy atom. The minimum Gasteiger partial charge on any atom is -0.345 e. The molecule has 0 aliphatic carbocycles. The molecule has 1 aromatic rings. The van der Waals surface area contributed by atoms with E-state index in [0.717, 1.165) is 5.56 Å². The van der Waals surface area contributed by atoms with Gasteiger partial charge in [0.2, 0.25) is 11.8 Å². The summed E-state index contributed by atoms with van der Waals surface area (Å²) in [4.78, 5) is 25.3. The first kappa shape index (κ1) is 12.9. The Labute approximate surface area is 111 Å². The minimum atomic E-state index is -0.853. The van der Waals surface area contributed by atoms with Gasteiger partial charge in [0.15, 0.2) is 0 Å². The molecule has 1 aliphatic rings. The average molecular weight is 267 g/mol. The van der Waals surface area contributed by atoms with Gasteiger partial charge in [-0.05, 0) is 25.5 Å². The summed E-state index contributed by atoms with van der Waals surface area (Å²) in [6, 6.07) is 7.33. The molecule has 0 spiro atoms. The first-order valence-corrected chi connectivity index (χ1v) is 6.13. The summed E-state index contributed by atoms with van der Waals surface area (Å²) in [5, 5.41) is 3.19. The number of nitrogens with one attached hydrogen (secondary N) is 1. The molecule has 1 saturated heterocycles. The standard InChI is InChI=1S/C13H15ClN2O2/c1-13(2)12(18)15-7-11(17)16(13)8-9-5-3-4-6-10(9)14/h3-6H,7-8H2,1-2H3,(H,15,18). The van der Waals surface area contributed by atoms with E-state index < -0.39 is 5.54 Å². The number of amides is 2. The van der Waals surface area contributed by atoms with E-state index in [0.29, 0.717) is 11.6 Å². The number of piperazine rings is 1. The van der Waals surface area contributed by atoms with Crippen LogP contribution in [0, 0.1) is 0 Å². The third kappa shape index (κ3) is 2.20. The zero-order valence-electron chi connectivity index (χ0n) is 10.4. The second kappa shape index (κ2) is 4.61. The van der Waals surface area contributed by atoms with Crippen LogP contribution in [0.4, 0.5) is 0 Å². The number of carbonyl (C=O) groups is 2. The van der Waals surface area contributed by atoms with Crippen LogP contribution in [0.2, 0.25) is 5.02 Å². The SMILES string of the molecule is CC1(C)C(=O)NCC(=O)N1Cc1ccccc1Cl. The normalized spacial score (nSPS) is 18.7. The Balaban J connectivity index is 2.29. The van der Waals surface area contributed by atoms with Crippen LogP contribution in [0.3, 0.4) is 0 Å². The van der Waals surface area contributed by atoms with E-state index in [-0.39, 0.29) is 18.4 Å². The van der Waals surface area contributed by atoms with Crippen molar-refractivity contribution in [3.63, 3.8) is 0 Å². The number of hydrogen-bond donors (Lipinski definition) is 1. The lowest BCUT2D eigenvalue weighted by molar-refractivity contribution is -0.152. The molecule has 2 amide bonds. The number of nitrogens with zero attached hydrogens (tertiary/aromatic N) is 1. The van der Waals surface area contributed by atoms with E-state index in [1.807, 2.05) is 18.2 Å². The highest BCUT2D eigenvalue weighted by Crippen LogP contribution is 2.24. The molecule has 0 aromatic heterocycles. The van der Waals surface area contributed by atoms with Crippen LogP contribution in [0.25, 0.3) is 0 Å². The molecular weight excluding hydrogens is 252 g/mol. The van der Waals surface area contributed by atoms with Gasteiger partial charge in [-0.15, -0.1) is 0 Å². The lowest BCUT2D eigenvalue weighted by atomic mass is 9.97. The molecule has 1 N–H and O–H groups in total. The summed E-state index contributed by atoms with van der Waals surface area (Å²) in [6.07, 6.45) is 0. The largest absolute Gasteiger partial charge is 0.345 e. The highest BCUT2D eigenvalue weighted by Gasteiger charge is 2.41. The quantitative estimate of drug-likeness (QED) is 0.884. The third-order valence-electron chi connectivity index (χ3n) is 3.22. The predicted octanol–water partition coefficient (Wildman–Crippen LogP) is 1.58. The van der Waals surface area contributed by atoms with Crippen LogP contribution in [-0.4, -0.2) is 28.8 Å². The summed E-state index contributed by atoms with van der Waals surface area (Å²) in [7, 11) is 0. The van der Waals surface area contributed by atoms with Crippen LogP contribution < -0.4 is 5.32 Å². The van der Waals surface area contributed by atoms with Crippen LogP contribution >= 0.6 is 11.6 Å². The van der Waals surface area contributed by atoms with Gasteiger partial charge in [0.25, 0.3) is 0 Å². The van der Waals surface area contributed by atoms with Gasteiger partial charge in [-0.3, -0.25) is 9.59 Å². The first-order chi connectivity index (χ1) is 8.43.